The van der Waals surface area contributed by atoms with E-state index in [4.69, 9.17) is 5.11 Å². The van der Waals surface area contributed by atoms with E-state index in [0.29, 0.717) is 5.39 Å². The van der Waals surface area contributed by atoms with Gasteiger partial charge in [0.25, 0.3) is 5.56 Å². The summed E-state index contributed by atoms with van der Waals surface area (Å²) in [5, 5.41) is 19.8. The van der Waals surface area contributed by atoms with Crippen LogP contribution < -0.4 is 5.56 Å². The van der Waals surface area contributed by atoms with Gasteiger partial charge < -0.3 is 14.8 Å². The quantitative estimate of drug-likeness (QED) is 0.864. The van der Waals surface area contributed by atoms with Crippen molar-refractivity contribution in [2.45, 2.75) is 13.5 Å². The van der Waals surface area contributed by atoms with Gasteiger partial charge in [-0.05, 0) is 36.1 Å². The van der Waals surface area contributed by atoms with Crippen LogP contribution in [0.2, 0.25) is 0 Å². The zero-order valence-electron chi connectivity index (χ0n) is 10.2. The average molecular weight is 245 g/mol. The summed E-state index contributed by atoms with van der Waals surface area (Å²) < 4.78 is 1.45. The molecule has 0 unspecified atom stereocenters. The van der Waals surface area contributed by atoms with Gasteiger partial charge in [-0.15, -0.1) is 0 Å². The minimum absolute atomic E-state index is 0.0564. The number of aliphatic hydroxyl groups excluding tert-OH is 1. The van der Waals surface area contributed by atoms with Gasteiger partial charge in [-0.2, -0.15) is 0 Å². The van der Waals surface area contributed by atoms with Crippen molar-refractivity contribution in [2.24, 2.45) is 0 Å². The minimum Gasteiger partial charge on any atom is -0.507 e. The van der Waals surface area contributed by atoms with Gasteiger partial charge in [-0.1, -0.05) is 12.7 Å². The number of rotatable bonds is 3. The molecule has 2 aromatic rings. The second-order valence-electron chi connectivity index (χ2n) is 4.17. The van der Waals surface area contributed by atoms with Gasteiger partial charge in [-0.3, -0.25) is 4.79 Å². The van der Waals surface area contributed by atoms with Gasteiger partial charge in [-0.25, -0.2) is 0 Å². The Morgan fingerprint density at radius 2 is 2.11 bits per heavy atom. The Labute approximate surface area is 104 Å². The lowest BCUT2D eigenvalue weighted by Crippen LogP contribution is -2.24. The fourth-order valence-electron chi connectivity index (χ4n) is 2.11. The molecule has 0 aliphatic rings. The third-order valence-electron chi connectivity index (χ3n) is 2.98. The number of phenols is 1. The third-order valence-corrected chi connectivity index (χ3v) is 2.98. The van der Waals surface area contributed by atoms with Crippen LogP contribution in [0.15, 0.2) is 29.6 Å². The minimum atomic E-state index is -0.285. The molecule has 4 nitrogen and oxygen atoms in total. The van der Waals surface area contributed by atoms with Gasteiger partial charge >= 0.3 is 0 Å². The maximum absolute atomic E-state index is 12.2. The first-order valence-corrected chi connectivity index (χ1v) is 5.69. The number of pyridine rings is 1. The van der Waals surface area contributed by atoms with E-state index in [2.05, 4.69) is 6.58 Å². The number of aromatic nitrogens is 1. The molecule has 0 bridgehead atoms. The number of nitrogens with zero attached hydrogens (tertiary/aromatic N) is 1. The van der Waals surface area contributed by atoms with Gasteiger partial charge in [0.05, 0.1) is 12.0 Å². The van der Waals surface area contributed by atoms with Crippen molar-refractivity contribution < 1.29 is 10.2 Å². The van der Waals surface area contributed by atoms with Crippen molar-refractivity contribution in [2.75, 3.05) is 6.61 Å². The van der Waals surface area contributed by atoms with Crippen molar-refractivity contribution in [3.63, 3.8) is 0 Å². The molecule has 18 heavy (non-hydrogen) atoms. The predicted molar refractivity (Wildman–Crippen MR) is 71.8 cm³/mol. The van der Waals surface area contributed by atoms with E-state index in [1.165, 1.54) is 10.6 Å². The molecule has 2 N–H and O–H groups in total. The summed E-state index contributed by atoms with van der Waals surface area (Å²) >= 11 is 0. The highest BCUT2D eigenvalue weighted by Crippen LogP contribution is 2.25. The molecule has 0 spiro atoms. The maximum atomic E-state index is 12.2. The molecule has 0 radical (unpaired) electrons. The maximum Gasteiger partial charge on any atom is 0.262 e. The summed E-state index contributed by atoms with van der Waals surface area (Å²) in [6.07, 6.45) is 1.62. The Morgan fingerprint density at radius 1 is 1.39 bits per heavy atom. The Kier molecular flexibility index (Phi) is 3.21. The van der Waals surface area contributed by atoms with Crippen molar-refractivity contribution >= 4 is 16.8 Å². The van der Waals surface area contributed by atoms with Crippen LogP contribution in [0, 0.1) is 6.92 Å². The van der Waals surface area contributed by atoms with Crippen LogP contribution in [0.1, 0.15) is 11.3 Å². The molecule has 4 heteroatoms. The van der Waals surface area contributed by atoms with Crippen molar-refractivity contribution in [1.82, 2.24) is 4.57 Å². The number of fused-ring (bicyclic) bond motifs is 1. The lowest BCUT2D eigenvalue weighted by molar-refractivity contribution is 0.273. The van der Waals surface area contributed by atoms with Crippen molar-refractivity contribution in [3.8, 4) is 5.75 Å². The standard InChI is InChI=1S/C14H15NO3/c1-3-10-7-11-6-9(2)15(4-5-16)14(18)13(11)12(17)8-10/h3,6-8,16-17H,1,4-5H2,2H3. The molecule has 0 fully saturated rings. The Morgan fingerprint density at radius 3 is 2.72 bits per heavy atom. The smallest absolute Gasteiger partial charge is 0.262 e. The monoisotopic (exact) mass is 245 g/mol. The lowest BCUT2D eigenvalue weighted by atomic mass is 10.1. The SMILES string of the molecule is C=Cc1cc(O)c2c(=O)n(CCO)c(C)cc2c1. The molecule has 94 valence electrons. The molecule has 0 aliphatic heterocycles. The first-order chi connectivity index (χ1) is 8.58. The highest BCUT2D eigenvalue weighted by atomic mass is 16.3. The molecule has 0 saturated heterocycles. The van der Waals surface area contributed by atoms with E-state index >= 15 is 0 Å². The van der Waals surface area contributed by atoms with E-state index < -0.39 is 0 Å². The number of aryl methyl sites for hydroxylation is 1. The highest BCUT2D eigenvalue weighted by Gasteiger charge is 2.10. The molecule has 1 aromatic heterocycles. The van der Waals surface area contributed by atoms with E-state index in [9.17, 15) is 9.90 Å². The summed E-state index contributed by atoms with van der Waals surface area (Å²) in [6, 6.07) is 5.13. The van der Waals surface area contributed by atoms with Gasteiger partial charge in [0, 0.05) is 12.2 Å². The van der Waals surface area contributed by atoms with Gasteiger partial charge in [0.15, 0.2) is 0 Å². The zero-order valence-corrected chi connectivity index (χ0v) is 10.2. The topological polar surface area (TPSA) is 62.5 Å². The number of benzene rings is 1. The third kappa shape index (κ3) is 1.91. The van der Waals surface area contributed by atoms with Crippen LogP contribution in [0.3, 0.4) is 0 Å². The highest BCUT2D eigenvalue weighted by molar-refractivity contribution is 5.89. The molecule has 0 atom stereocenters. The van der Waals surface area contributed by atoms with E-state index in [1.807, 2.05) is 6.07 Å². The van der Waals surface area contributed by atoms with Crippen molar-refractivity contribution in [1.29, 1.82) is 0 Å². The number of hydrogen-bond acceptors (Lipinski definition) is 3. The number of aromatic hydroxyl groups is 1. The molecule has 1 aromatic carbocycles. The molecule has 0 aliphatic carbocycles. The lowest BCUT2D eigenvalue weighted by Gasteiger charge is -2.11. The number of phenolic OH excluding ortho intramolecular Hbond substituents is 1. The molecule has 0 saturated carbocycles. The summed E-state index contributed by atoms with van der Waals surface area (Å²) in [4.78, 5) is 12.2. The number of aliphatic hydroxyl groups is 1. The Balaban J connectivity index is 2.86. The first kappa shape index (κ1) is 12.4. The van der Waals surface area contributed by atoms with Crippen LogP contribution in [-0.2, 0) is 6.54 Å². The van der Waals surface area contributed by atoms with E-state index in [-0.39, 0.29) is 29.8 Å². The summed E-state index contributed by atoms with van der Waals surface area (Å²) in [6.45, 7) is 5.56. The van der Waals surface area contributed by atoms with Crippen LogP contribution in [-0.4, -0.2) is 21.4 Å². The van der Waals surface area contributed by atoms with Crippen LogP contribution >= 0.6 is 0 Å². The fraction of sp³-hybridized carbons (Fsp3) is 0.214. The van der Waals surface area contributed by atoms with Crippen LogP contribution in [0.5, 0.6) is 5.75 Å². The molecular weight excluding hydrogens is 230 g/mol. The Bertz CT molecular complexity index is 671. The van der Waals surface area contributed by atoms with E-state index in [0.717, 1.165) is 11.3 Å². The predicted octanol–water partition coefficient (Wildman–Crippen LogP) is 1.65. The first-order valence-electron chi connectivity index (χ1n) is 5.69. The van der Waals surface area contributed by atoms with E-state index in [1.54, 1.807) is 19.1 Å². The summed E-state index contributed by atoms with van der Waals surface area (Å²) in [5.41, 5.74) is 1.23. The summed E-state index contributed by atoms with van der Waals surface area (Å²) in [7, 11) is 0. The number of hydrogen-bond donors (Lipinski definition) is 2. The molecular formula is C14H15NO3. The molecule has 1 heterocycles. The molecule has 2 rings (SSSR count). The normalized spacial score (nSPS) is 10.8. The molecule has 0 amide bonds. The second-order valence-corrected chi connectivity index (χ2v) is 4.17. The zero-order chi connectivity index (χ0) is 13.3. The van der Waals surface area contributed by atoms with Crippen LogP contribution in [0.25, 0.3) is 16.8 Å². The van der Waals surface area contributed by atoms with Gasteiger partial charge in [0.1, 0.15) is 5.75 Å². The second kappa shape index (κ2) is 4.66. The van der Waals surface area contributed by atoms with Crippen LogP contribution in [0.4, 0.5) is 0 Å². The van der Waals surface area contributed by atoms with Crippen molar-refractivity contribution in [3.05, 3.63) is 46.4 Å². The summed E-state index contributed by atoms with van der Waals surface area (Å²) in [5.74, 6) is -0.0564. The van der Waals surface area contributed by atoms with Gasteiger partial charge in [0.2, 0.25) is 0 Å². The Hall–Kier alpha value is -2.07. The largest absolute Gasteiger partial charge is 0.507 e. The fourth-order valence-corrected chi connectivity index (χ4v) is 2.11. The average Bonchev–Trinajstić information content (AvgIpc) is 2.33.